The van der Waals surface area contributed by atoms with Crippen LogP contribution in [0.4, 0.5) is 5.69 Å². The van der Waals surface area contributed by atoms with Gasteiger partial charge >= 0.3 is 0 Å². The van der Waals surface area contributed by atoms with Gasteiger partial charge in [-0.3, -0.25) is 14.4 Å². The third-order valence-corrected chi connectivity index (χ3v) is 9.15. The molecule has 1 fully saturated rings. The molecule has 0 radical (unpaired) electrons. The second-order valence-corrected chi connectivity index (χ2v) is 11.1. The molecular weight excluding hydrogens is 556 g/mol. The molecule has 0 bridgehead atoms. The standard InChI is InChI=1S/C36H30N2O6/c1-42-23-11-8-10-22(19-23)32(39)31-30(33(40)26-16-15-24(43-2)20-29(26)44-3)36(27-13-6-7-14-28(27)37-35(36)41)34-25-12-5-4-9-21(25)17-18-38(31)34/h4-20,30-31,34H,1-3H3,(H,37,41)/t30-,31-,34+,36+/m0/s1. The normalized spacial score (nSPS) is 22.6. The lowest BCUT2D eigenvalue weighted by molar-refractivity contribution is -0.122. The summed E-state index contributed by atoms with van der Waals surface area (Å²) < 4.78 is 16.5. The van der Waals surface area contributed by atoms with Gasteiger partial charge in [0.05, 0.1) is 38.9 Å². The average molecular weight is 587 g/mol. The first-order chi connectivity index (χ1) is 21.4. The van der Waals surface area contributed by atoms with Crippen LogP contribution in [0, 0.1) is 5.92 Å². The van der Waals surface area contributed by atoms with Crippen molar-refractivity contribution in [3.8, 4) is 17.2 Å². The molecule has 8 nitrogen and oxygen atoms in total. The zero-order valence-corrected chi connectivity index (χ0v) is 24.4. The predicted octanol–water partition coefficient (Wildman–Crippen LogP) is 5.69. The maximum atomic E-state index is 15.1. The molecule has 0 saturated carbocycles. The zero-order chi connectivity index (χ0) is 30.6. The van der Waals surface area contributed by atoms with E-state index in [1.54, 1.807) is 42.5 Å². The van der Waals surface area contributed by atoms with Crippen LogP contribution in [0.1, 0.15) is 43.4 Å². The highest BCUT2D eigenvalue weighted by Gasteiger charge is 2.70. The van der Waals surface area contributed by atoms with Crippen molar-refractivity contribution in [1.82, 2.24) is 4.90 Å². The van der Waals surface area contributed by atoms with Crippen molar-refractivity contribution in [3.63, 3.8) is 0 Å². The van der Waals surface area contributed by atoms with Crippen LogP contribution in [0.25, 0.3) is 6.08 Å². The van der Waals surface area contributed by atoms with Crippen LogP contribution in [0.15, 0.2) is 97.2 Å². The molecule has 1 saturated heterocycles. The highest BCUT2D eigenvalue weighted by atomic mass is 16.5. The van der Waals surface area contributed by atoms with E-state index in [1.807, 2.05) is 65.7 Å². The summed E-state index contributed by atoms with van der Waals surface area (Å²) in [6.45, 7) is 0. The third-order valence-electron chi connectivity index (χ3n) is 9.15. The Balaban J connectivity index is 1.53. The minimum absolute atomic E-state index is 0.260. The number of hydrogen-bond acceptors (Lipinski definition) is 7. The van der Waals surface area contributed by atoms with Crippen molar-refractivity contribution in [3.05, 3.63) is 125 Å². The van der Waals surface area contributed by atoms with Gasteiger partial charge in [0.25, 0.3) is 0 Å². The highest BCUT2D eigenvalue weighted by Crippen LogP contribution is 2.62. The van der Waals surface area contributed by atoms with Crippen molar-refractivity contribution in [2.24, 2.45) is 5.92 Å². The number of hydrogen-bond donors (Lipinski definition) is 1. The Morgan fingerprint density at radius 2 is 1.55 bits per heavy atom. The number of rotatable bonds is 7. The van der Waals surface area contributed by atoms with E-state index in [1.165, 1.54) is 21.3 Å². The fourth-order valence-corrected chi connectivity index (χ4v) is 7.28. The van der Waals surface area contributed by atoms with Crippen LogP contribution in [0.2, 0.25) is 0 Å². The largest absolute Gasteiger partial charge is 0.497 e. The van der Waals surface area contributed by atoms with Gasteiger partial charge in [-0.15, -0.1) is 0 Å². The minimum Gasteiger partial charge on any atom is -0.497 e. The van der Waals surface area contributed by atoms with Crippen molar-refractivity contribution in [2.75, 3.05) is 26.6 Å². The molecule has 1 spiro atoms. The summed E-state index contributed by atoms with van der Waals surface area (Å²) in [7, 11) is 4.55. The van der Waals surface area contributed by atoms with Gasteiger partial charge in [0, 0.05) is 23.5 Å². The van der Waals surface area contributed by atoms with E-state index in [0.29, 0.717) is 34.1 Å². The van der Waals surface area contributed by atoms with Gasteiger partial charge < -0.3 is 24.4 Å². The first kappa shape index (κ1) is 27.5. The van der Waals surface area contributed by atoms with Crippen LogP contribution >= 0.6 is 0 Å². The van der Waals surface area contributed by atoms with E-state index in [-0.39, 0.29) is 23.0 Å². The molecule has 1 amide bonds. The SMILES string of the molecule is COc1cccc(C(=O)[C@@H]2[C@@H](C(=O)c3ccc(OC)cc3OC)[C@@]3(C(=O)Nc4ccccc43)[C@H]3c4ccccc4C=CN23)c1. The number of ether oxygens (including phenoxy) is 3. The van der Waals surface area contributed by atoms with Crippen LogP contribution in [0.5, 0.6) is 17.2 Å². The van der Waals surface area contributed by atoms with Gasteiger partial charge in [-0.05, 0) is 53.1 Å². The zero-order valence-electron chi connectivity index (χ0n) is 24.4. The molecule has 8 heteroatoms. The lowest BCUT2D eigenvalue weighted by Crippen LogP contribution is -2.49. The Bertz CT molecular complexity index is 1870. The van der Waals surface area contributed by atoms with E-state index >= 15 is 4.79 Å². The van der Waals surface area contributed by atoms with Crippen LogP contribution in [-0.4, -0.2) is 49.7 Å². The number of carbonyl (C=O) groups excluding carboxylic acids is 3. The topological polar surface area (TPSA) is 94.2 Å². The molecule has 0 aromatic heterocycles. The second kappa shape index (κ2) is 10.4. The summed E-state index contributed by atoms with van der Waals surface area (Å²) in [6, 6.07) is 25.4. The Labute approximate surface area is 254 Å². The smallest absolute Gasteiger partial charge is 0.238 e. The number of ketones is 2. The minimum atomic E-state index is -1.45. The van der Waals surface area contributed by atoms with Crippen molar-refractivity contribution in [2.45, 2.75) is 17.5 Å². The molecule has 0 aliphatic carbocycles. The highest BCUT2D eigenvalue weighted by molar-refractivity contribution is 6.17. The summed E-state index contributed by atoms with van der Waals surface area (Å²) in [5, 5.41) is 3.07. The molecule has 4 atom stereocenters. The molecule has 220 valence electrons. The van der Waals surface area contributed by atoms with Gasteiger partial charge in [-0.1, -0.05) is 54.6 Å². The fraction of sp³-hybridized carbons (Fsp3) is 0.194. The Morgan fingerprint density at radius 1 is 0.795 bits per heavy atom. The van der Waals surface area contributed by atoms with Crippen molar-refractivity contribution < 1.29 is 28.6 Å². The number of methoxy groups -OCH3 is 3. The predicted molar refractivity (Wildman–Crippen MR) is 165 cm³/mol. The van der Waals surface area contributed by atoms with Crippen molar-refractivity contribution in [1.29, 1.82) is 0 Å². The van der Waals surface area contributed by atoms with Gasteiger partial charge in [0.2, 0.25) is 5.91 Å². The molecule has 44 heavy (non-hydrogen) atoms. The molecular formula is C36H30N2O6. The second-order valence-electron chi connectivity index (χ2n) is 11.1. The summed E-state index contributed by atoms with van der Waals surface area (Å²) in [4.78, 5) is 46.5. The number of nitrogens with one attached hydrogen (secondary N) is 1. The number of carbonyl (C=O) groups is 3. The van der Waals surface area contributed by atoms with Crippen LogP contribution < -0.4 is 19.5 Å². The molecule has 3 aliphatic heterocycles. The number of benzene rings is 4. The monoisotopic (exact) mass is 586 g/mol. The van der Waals surface area contributed by atoms with Gasteiger partial charge in [0.1, 0.15) is 28.7 Å². The summed E-state index contributed by atoms with van der Waals surface area (Å²) >= 11 is 0. The van der Waals surface area contributed by atoms with Crippen LogP contribution in [-0.2, 0) is 10.2 Å². The lowest BCUT2D eigenvalue weighted by Gasteiger charge is -2.38. The summed E-state index contributed by atoms with van der Waals surface area (Å²) in [5.74, 6) is -0.802. The summed E-state index contributed by atoms with van der Waals surface area (Å²) in [6.07, 6.45) is 3.79. The first-order valence-electron chi connectivity index (χ1n) is 14.3. The average Bonchev–Trinajstić information content (AvgIpc) is 3.55. The number of nitrogens with zero attached hydrogens (tertiary/aromatic N) is 1. The van der Waals surface area contributed by atoms with Gasteiger partial charge in [0.15, 0.2) is 11.6 Å². The third kappa shape index (κ3) is 3.80. The quantitative estimate of drug-likeness (QED) is 0.278. The van der Waals surface area contributed by atoms with E-state index < -0.39 is 23.4 Å². The number of para-hydroxylation sites is 1. The molecule has 3 aliphatic rings. The Kier molecular flexibility index (Phi) is 6.50. The number of anilines is 1. The summed E-state index contributed by atoms with van der Waals surface area (Å²) in [5.41, 5.74) is 2.28. The number of fused-ring (bicyclic) bond motifs is 6. The Morgan fingerprint density at radius 3 is 2.34 bits per heavy atom. The van der Waals surface area contributed by atoms with E-state index in [2.05, 4.69) is 5.32 Å². The first-order valence-corrected chi connectivity index (χ1v) is 14.3. The maximum absolute atomic E-state index is 15.1. The van der Waals surface area contributed by atoms with E-state index in [4.69, 9.17) is 14.2 Å². The van der Waals surface area contributed by atoms with Gasteiger partial charge in [-0.25, -0.2) is 0 Å². The van der Waals surface area contributed by atoms with Gasteiger partial charge in [-0.2, -0.15) is 0 Å². The molecule has 3 heterocycles. The molecule has 4 aromatic carbocycles. The number of amides is 1. The molecule has 4 aromatic rings. The molecule has 0 unspecified atom stereocenters. The molecule has 1 N–H and O–H groups in total. The van der Waals surface area contributed by atoms with Crippen molar-refractivity contribution >= 4 is 29.2 Å². The fourth-order valence-electron chi connectivity index (χ4n) is 7.28. The maximum Gasteiger partial charge on any atom is 0.238 e. The lowest BCUT2D eigenvalue weighted by atomic mass is 9.62. The molecule has 7 rings (SSSR count). The van der Waals surface area contributed by atoms with E-state index in [0.717, 1.165) is 11.1 Å². The Hall–Kier alpha value is -5.37. The van der Waals surface area contributed by atoms with Crippen LogP contribution in [0.3, 0.4) is 0 Å². The number of Topliss-reactive ketones (excluding diaryl/α,β-unsaturated/α-hetero) is 2. The van der Waals surface area contributed by atoms with E-state index in [9.17, 15) is 9.59 Å².